The van der Waals surface area contributed by atoms with Crippen LogP contribution in [0.3, 0.4) is 0 Å². The highest BCUT2D eigenvalue weighted by Crippen LogP contribution is 2.30. The summed E-state index contributed by atoms with van der Waals surface area (Å²) in [5, 5.41) is 0. The van der Waals surface area contributed by atoms with Crippen molar-refractivity contribution in [3.05, 3.63) is 54.6 Å². The molecular formula is C22H29N3O2. The van der Waals surface area contributed by atoms with E-state index in [9.17, 15) is 9.59 Å². The number of nitrogens with zero attached hydrogens (tertiary/aromatic N) is 3. The Morgan fingerprint density at radius 2 is 1.85 bits per heavy atom. The third-order valence-electron chi connectivity index (χ3n) is 5.45. The minimum atomic E-state index is -0.289. The molecule has 27 heavy (non-hydrogen) atoms. The number of imidazole rings is 1. The average molecular weight is 367 g/mol. The van der Waals surface area contributed by atoms with E-state index in [0.717, 1.165) is 45.1 Å². The van der Waals surface area contributed by atoms with Crippen LogP contribution in [0.1, 0.15) is 44.6 Å². The molecule has 2 heterocycles. The van der Waals surface area contributed by atoms with Crippen molar-refractivity contribution in [3.8, 4) is 0 Å². The largest absolute Gasteiger partial charge is 0.337 e. The monoisotopic (exact) mass is 367 g/mol. The molecule has 1 saturated heterocycles. The van der Waals surface area contributed by atoms with E-state index in [0.29, 0.717) is 6.54 Å². The summed E-state index contributed by atoms with van der Waals surface area (Å²) < 4.78 is 2.01. The standard InChI is InChI=1S/C22H29N3O2/c1-2-3-5-11-19-20(16-18-9-6-4-7-10-18)25(22(27)21(19)26)14-8-13-24-15-12-23-17-24/h4,6-7,9-10,12,15,17,19-20H,2-3,5,8,11,13-14,16H2,1H3. The van der Waals surface area contributed by atoms with E-state index in [2.05, 4.69) is 24.0 Å². The Morgan fingerprint density at radius 1 is 1.04 bits per heavy atom. The molecule has 0 radical (unpaired) electrons. The van der Waals surface area contributed by atoms with Gasteiger partial charge in [0.05, 0.1) is 6.33 Å². The Morgan fingerprint density at radius 3 is 2.56 bits per heavy atom. The van der Waals surface area contributed by atoms with Crippen LogP contribution in [0.25, 0.3) is 0 Å². The van der Waals surface area contributed by atoms with Crippen LogP contribution >= 0.6 is 0 Å². The Balaban J connectivity index is 1.70. The zero-order valence-electron chi connectivity index (χ0n) is 16.1. The molecule has 1 aliphatic rings. The van der Waals surface area contributed by atoms with Gasteiger partial charge < -0.3 is 9.47 Å². The lowest BCUT2D eigenvalue weighted by atomic mass is 9.89. The van der Waals surface area contributed by atoms with Crippen molar-refractivity contribution in [2.45, 2.75) is 58.0 Å². The molecule has 1 aromatic carbocycles. The van der Waals surface area contributed by atoms with E-state index in [4.69, 9.17) is 0 Å². The number of benzene rings is 1. The molecule has 1 fully saturated rings. The molecule has 2 atom stereocenters. The maximum absolute atomic E-state index is 12.7. The van der Waals surface area contributed by atoms with Crippen molar-refractivity contribution in [1.82, 2.24) is 14.5 Å². The van der Waals surface area contributed by atoms with Crippen LogP contribution in [0.2, 0.25) is 0 Å². The molecule has 0 spiro atoms. The number of unbranched alkanes of at least 4 members (excludes halogenated alkanes) is 2. The Kier molecular flexibility index (Phi) is 6.80. The number of Topliss-reactive ketones (excluding diaryl/α,β-unsaturated/α-hetero) is 1. The number of aromatic nitrogens is 2. The highest BCUT2D eigenvalue weighted by atomic mass is 16.2. The number of hydrogen-bond donors (Lipinski definition) is 0. The second-order valence-corrected chi connectivity index (χ2v) is 7.38. The van der Waals surface area contributed by atoms with Gasteiger partial charge in [-0.2, -0.15) is 0 Å². The summed E-state index contributed by atoms with van der Waals surface area (Å²) in [7, 11) is 0. The summed E-state index contributed by atoms with van der Waals surface area (Å²) in [6, 6.07) is 10.2. The first-order valence-corrected chi connectivity index (χ1v) is 10.0. The second kappa shape index (κ2) is 9.49. The topological polar surface area (TPSA) is 55.2 Å². The van der Waals surface area contributed by atoms with Gasteiger partial charge in [0.15, 0.2) is 0 Å². The number of likely N-dealkylation sites (tertiary alicyclic amines) is 1. The third-order valence-corrected chi connectivity index (χ3v) is 5.45. The van der Waals surface area contributed by atoms with Crippen LogP contribution in [0.5, 0.6) is 0 Å². The minimum absolute atomic E-state index is 0.0213. The minimum Gasteiger partial charge on any atom is -0.337 e. The first kappa shape index (κ1) is 19.3. The van der Waals surface area contributed by atoms with Gasteiger partial charge in [-0.05, 0) is 24.8 Å². The predicted octanol–water partition coefficient (Wildman–Crippen LogP) is 3.49. The fourth-order valence-electron chi connectivity index (χ4n) is 4.00. The van der Waals surface area contributed by atoms with Gasteiger partial charge in [0.2, 0.25) is 5.78 Å². The molecule has 144 valence electrons. The van der Waals surface area contributed by atoms with Gasteiger partial charge in [0.1, 0.15) is 0 Å². The molecule has 2 aromatic rings. The van der Waals surface area contributed by atoms with Crippen LogP contribution in [0.15, 0.2) is 49.1 Å². The van der Waals surface area contributed by atoms with E-state index in [1.165, 1.54) is 5.56 Å². The van der Waals surface area contributed by atoms with Crippen molar-refractivity contribution in [1.29, 1.82) is 0 Å². The van der Waals surface area contributed by atoms with Crippen molar-refractivity contribution in [2.75, 3.05) is 6.54 Å². The van der Waals surface area contributed by atoms with Crippen LogP contribution in [-0.4, -0.2) is 38.7 Å². The van der Waals surface area contributed by atoms with E-state index in [1.54, 1.807) is 12.5 Å². The number of carbonyl (C=O) groups excluding carboxylic acids is 2. The highest BCUT2D eigenvalue weighted by molar-refractivity contribution is 6.39. The van der Waals surface area contributed by atoms with Crippen LogP contribution in [0, 0.1) is 5.92 Å². The van der Waals surface area contributed by atoms with Crippen LogP contribution in [-0.2, 0) is 22.6 Å². The van der Waals surface area contributed by atoms with E-state index >= 15 is 0 Å². The third kappa shape index (κ3) is 4.85. The van der Waals surface area contributed by atoms with Crippen molar-refractivity contribution in [3.63, 3.8) is 0 Å². The van der Waals surface area contributed by atoms with Gasteiger partial charge in [-0.25, -0.2) is 4.98 Å². The first-order valence-electron chi connectivity index (χ1n) is 10.0. The van der Waals surface area contributed by atoms with Crippen LogP contribution < -0.4 is 0 Å². The Hall–Kier alpha value is -2.43. The average Bonchev–Trinajstić information content (AvgIpc) is 3.27. The molecule has 3 rings (SSSR count). The SMILES string of the molecule is CCCCCC1C(=O)C(=O)N(CCCn2ccnc2)C1Cc1ccccc1. The summed E-state index contributed by atoms with van der Waals surface area (Å²) in [4.78, 5) is 31.3. The van der Waals surface area contributed by atoms with Crippen molar-refractivity contribution in [2.24, 2.45) is 5.92 Å². The van der Waals surface area contributed by atoms with Crippen LogP contribution in [0.4, 0.5) is 0 Å². The van der Waals surface area contributed by atoms with Gasteiger partial charge in [-0.3, -0.25) is 9.59 Å². The molecule has 0 saturated carbocycles. The smallest absolute Gasteiger partial charge is 0.290 e. The number of amides is 1. The molecule has 1 aromatic heterocycles. The quantitative estimate of drug-likeness (QED) is 0.477. The lowest BCUT2D eigenvalue weighted by Gasteiger charge is -2.27. The summed E-state index contributed by atoms with van der Waals surface area (Å²) in [6.07, 6.45) is 11.1. The van der Waals surface area contributed by atoms with Gasteiger partial charge in [-0.1, -0.05) is 56.5 Å². The second-order valence-electron chi connectivity index (χ2n) is 7.38. The molecule has 5 nitrogen and oxygen atoms in total. The number of hydrogen-bond acceptors (Lipinski definition) is 3. The number of rotatable bonds is 10. The molecular weight excluding hydrogens is 338 g/mol. The maximum Gasteiger partial charge on any atom is 0.290 e. The molecule has 0 bridgehead atoms. The molecule has 0 N–H and O–H groups in total. The summed E-state index contributed by atoms with van der Waals surface area (Å²) in [5.41, 5.74) is 1.19. The van der Waals surface area contributed by atoms with E-state index in [1.807, 2.05) is 33.9 Å². The fraction of sp³-hybridized carbons (Fsp3) is 0.500. The molecule has 1 amide bonds. The Bertz CT molecular complexity index is 727. The zero-order valence-corrected chi connectivity index (χ0v) is 16.1. The normalized spacial score (nSPS) is 19.8. The molecule has 0 aliphatic carbocycles. The lowest BCUT2D eigenvalue weighted by Crippen LogP contribution is -2.38. The molecule has 5 heteroatoms. The number of aryl methyl sites for hydroxylation is 1. The molecule has 1 aliphatic heterocycles. The number of ketones is 1. The summed E-state index contributed by atoms with van der Waals surface area (Å²) in [6.45, 7) is 3.58. The fourth-order valence-corrected chi connectivity index (χ4v) is 4.00. The van der Waals surface area contributed by atoms with E-state index in [-0.39, 0.29) is 23.7 Å². The van der Waals surface area contributed by atoms with Gasteiger partial charge in [-0.15, -0.1) is 0 Å². The lowest BCUT2D eigenvalue weighted by molar-refractivity contribution is -0.141. The Labute approximate surface area is 161 Å². The maximum atomic E-state index is 12.7. The highest BCUT2D eigenvalue weighted by Gasteiger charge is 2.46. The van der Waals surface area contributed by atoms with E-state index < -0.39 is 0 Å². The zero-order chi connectivity index (χ0) is 19.1. The van der Waals surface area contributed by atoms with Gasteiger partial charge >= 0.3 is 0 Å². The van der Waals surface area contributed by atoms with Gasteiger partial charge in [0.25, 0.3) is 5.91 Å². The summed E-state index contributed by atoms with van der Waals surface area (Å²) >= 11 is 0. The van der Waals surface area contributed by atoms with Crippen molar-refractivity contribution < 1.29 is 9.59 Å². The van der Waals surface area contributed by atoms with Crippen molar-refractivity contribution >= 4 is 11.7 Å². The molecule has 2 unspecified atom stereocenters. The van der Waals surface area contributed by atoms with Gasteiger partial charge in [0, 0.05) is 37.4 Å². The summed E-state index contributed by atoms with van der Waals surface area (Å²) in [5.74, 6) is -0.643. The predicted molar refractivity (Wildman–Crippen MR) is 105 cm³/mol. The first-order chi connectivity index (χ1) is 13.2. The number of carbonyl (C=O) groups is 2.